The van der Waals surface area contributed by atoms with E-state index in [4.69, 9.17) is 4.74 Å². The fourth-order valence-electron chi connectivity index (χ4n) is 2.21. The third-order valence-corrected chi connectivity index (χ3v) is 3.56. The minimum atomic E-state index is -0.528. The molecule has 0 aliphatic rings. The molecule has 0 radical (unpaired) electrons. The lowest BCUT2D eigenvalue weighted by atomic mass is 10.1. The van der Waals surface area contributed by atoms with Crippen LogP contribution in [0.4, 0.5) is 5.69 Å². The molecule has 1 N–H and O–H groups in total. The molecule has 26 heavy (non-hydrogen) atoms. The fourth-order valence-corrected chi connectivity index (χ4v) is 2.21. The Balaban J connectivity index is 2.13. The summed E-state index contributed by atoms with van der Waals surface area (Å²) in [6.07, 6.45) is 2.43. The number of hydrogen-bond acceptors (Lipinski definition) is 4. The highest BCUT2D eigenvalue weighted by atomic mass is 16.5. The molecule has 0 bridgehead atoms. The number of nitrogens with zero attached hydrogens (tertiary/aromatic N) is 1. The highest BCUT2D eigenvalue weighted by Crippen LogP contribution is 2.16. The summed E-state index contributed by atoms with van der Waals surface area (Å²) in [6.45, 7) is 4.12. The average molecular weight is 348 g/mol. The van der Waals surface area contributed by atoms with Crippen LogP contribution in [0.1, 0.15) is 36.2 Å². The molecule has 2 aromatic rings. The number of ketones is 1. The van der Waals surface area contributed by atoms with Gasteiger partial charge >= 0.3 is 0 Å². The summed E-state index contributed by atoms with van der Waals surface area (Å²) in [5.74, 6) is 0.120. The molecule has 0 spiro atoms. The molecule has 132 valence electrons. The lowest BCUT2D eigenvalue weighted by molar-refractivity contribution is -0.112. The van der Waals surface area contributed by atoms with Gasteiger partial charge in [-0.15, -0.1) is 0 Å². The van der Waals surface area contributed by atoms with Crippen LogP contribution in [0.3, 0.4) is 0 Å². The second-order valence-electron chi connectivity index (χ2n) is 5.68. The van der Waals surface area contributed by atoms with Gasteiger partial charge in [0.15, 0.2) is 5.78 Å². The van der Waals surface area contributed by atoms with E-state index in [0.717, 1.165) is 17.7 Å². The van der Waals surface area contributed by atoms with Gasteiger partial charge in [0.1, 0.15) is 17.4 Å². The molecule has 0 aromatic heterocycles. The van der Waals surface area contributed by atoms with E-state index >= 15 is 0 Å². The van der Waals surface area contributed by atoms with E-state index < -0.39 is 5.91 Å². The summed E-state index contributed by atoms with van der Waals surface area (Å²) in [4.78, 5) is 23.7. The van der Waals surface area contributed by atoms with Crippen LogP contribution in [0.2, 0.25) is 0 Å². The number of Topliss-reactive ketones (excluding diaryl/α,β-unsaturated/α-hetero) is 1. The Labute approximate surface area is 152 Å². The molecule has 5 nitrogen and oxygen atoms in total. The van der Waals surface area contributed by atoms with Gasteiger partial charge in [0.05, 0.1) is 6.61 Å². The second-order valence-corrected chi connectivity index (χ2v) is 5.68. The molecule has 0 heterocycles. The molecule has 0 aliphatic heterocycles. The predicted molar refractivity (Wildman–Crippen MR) is 101 cm³/mol. The number of benzene rings is 2. The first-order valence-electron chi connectivity index (χ1n) is 8.30. The van der Waals surface area contributed by atoms with Crippen LogP contribution in [0.5, 0.6) is 5.75 Å². The van der Waals surface area contributed by atoms with Crippen molar-refractivity contribution < 1.29 is 14.3 Å². The van der Waals surface area contributed by atoms with Crippen molar-refractivity contribution in [3.63, 3.8) is 0 Å². The number of anilines is 1. The largest absolute Gasteiger partial charge is 0.494 e. The van der Waals surface area contributed by atoms with Gasteiger partial charge in [0.2, 0.25) is 0 Å². The summed E-state index contributed by atoms with van der Waals surface area (Å²) >= 11 is 0. The molecule has 2 rings (SSSR count). The fraction of sp³-hybridized carbons (Fsp3) is 0.190. The van der Waals surface area contributed by atoms with E-state index in [1.807, 2.05) is 13.0 Å². The maximum atomic E-state index is 12.3. The van der Waals surface area contributed by atoms with Gasteiger partial charge < -0.3 is 10.1 Å². The molecule has 0 unspecified atom stereocenters. The van der Waals surface area contributed by atoms with Crippen molar-refractivity contribution in [2.24, 2.45) is 0 Å². The van der Waals surface area contributed by atoms with Crippen molar-refractivity contribution in [1.29, 1.82) is 5.26 Å². The molecular weight excluding hydrogens is 328 g/mol. The summed E-state index contributed by atoms with van der Waals surface area (Å²) in [7, 11) is 0. The molecule has 0 saturated heterocycles. The predicted octanol–water partition coefficient (Wildman–Crippen LogP) is 4.22. The number of rotatable bonds is 7. The average Bonchev–Trinajstić information content (AvgIpc) is 2.65. The smallest absolute Gasteiger partial charge is 0.266 e. The molecule has 5 heteroatoms. The number of nitrogens with one attached hydrogen (secondary N) is 1. The Hall–Kier alpha value is -3.39. The minimum absolute atomic E-state index is 0.0274. The van der Waals surface area contributed by atoms with Crippen molar-refractivity contribution >= 4 is 23.5 Å². The van der Waals surface area contributed by atoms with Crippen molar-refractivity contribution in [3.05, 3.63) is 65.2 Å². The van der Waals surface area contributed by atoms with Crippen LogP contribution in [0, 0.1) is 11.3 Å². The molecular formula is C21H20N2O3. The van der Waals surface area contributed by atoms with Crippen molar-refractivity contribution in [2.45, 2.75) is 20.3 Å². The third kappa shape index (κ3) is 5.32. The normalized spacial score (nSPS) is 10.7. The molecule has 0 atom stereocenters. The summed E-state index contributed by atoms with van der Waals surface area (Å²) in [5.41, 5.74) is 1.65. The third-order valence-electron chi connectivity index (χ3n) is 3.56. The SMILES string of the molecule is CCCOc1ccc(/C=C(\C#N)C(=O)Nc2cccc(C(C)=O)c2)cc1. The van der Waals surface area contributed by atoms with Crippen LogP contribution in [-0.2, 0) is 4.79 Å². The van der Waals surface area contributed by atoms with E-state index in [2.05, 4.69) is 5.32 Å². The Kier molecular flexibility index (Phi) is 6.69. The molecule has 0 fully saturated rings. The second kappa shape index (κ2) is 9.19. The summed E-state index contributed by atoms with van der Waals surface area (Å²) < 4.78 is 5.51. The van der Waals surface area contributed by atoms with E-state index in [1.165, 1.54) is 13.0 Å². The molecule has 2 aromatic carbocycles. The topological polar surface area (TPSA) is 79.2 Å². The molecule has 1 amide bonds. The highest BCUT2D eigenvalue weighted by molar-refractivity contribution is 6.10. The van der Waals surface area contributed by atoms with Crippen LogP contribution in [0.15, 0.2) is 54.1 Å². The minimum Gasteiger partial charge on any atom is -0.494 e. The molecule has 0 aliphatic carbocycles. The summed E-state index contributed by atoms with van der Waals surface area (Å²) in [6, 6.07) is 15.7. The van der Waals surface area contributed by atoms with Crippen LogP contribution >= 0.6 is 0 Å². The first-order chi connectivity index (χ1) is 12.5. The zero-order chi connectivity index (χ0) is 18.9. The van der Waals surface area contributed by atoms with Gasteiger partial charge in [-0.2, -0.15) is 5.26 Å². The number of ether oxygens (including phenoxy) is 1. The maximum Gasteiger partial charge on any atom is 0.266 e. The Morgan fingerprint density at radius 2 is 1.92 bits per heavy atom. The summed E-state index contributed by atoms with van der Waals surface area (Å²) in [5, 5.41) is 11.9. The van der Waals surface area contributed by atoms with Crippen molar-refractivity contribution in [3.8, 4) is 11.8 Å². The van der Waals surface area contributed by atoms with E-state index in [-0.39, 0.29) is 11.4 Å². The van der Waals surface area contributed by atoms with E-state index in [1.54, 1.807) is 48.5 Å². The van der Waals surface area contributed by atoms with Gasteiger partial charge in [-0.05, 0) is 49.2 Å². The van der Waals surface area contributed by atoms with Gasteiger partial charge in [0.25, 0.3) is 5.91 Å². The van der Waals surface area contributed by atoms with Crippen LogP contribution in [-0.4, -0.2) is 18.3 Å². The lowest BCUT2D eigenvalue weighted by Gasteiger charge is -2.06. The van der Waals surface area contributed by atoms with Gasteiger partial charge in [-0.1, -0.05) is 31.2 Å². The van der Waals surface area contributed by atoms with Gasteiger partial charge in [-0.3, -0.25) is 9.59 Å². The van der Waals surface area contributed by atoms with Gasteiger partial charge in [-0.25, -0.2) is 0 Å². The lowest BCUT2D eigenvalue weighted by Crippen LogP contribution is -2.13. The number of carbonyl (C=O) groups is 2. The number of nitriles is 1. The number of hydrogen-bond donors (Lipinski definition) is 1. The zero-order valence-corrected chi connectivity index (χ0v) is 14.8. The van der Waals surface area contributed by atoms with Crippen molar-refractivity contribution in [2.75, 3.05) is 11.9 Å². The Bertz CT molecular complexity index is 862. The van der Waals surface area contributed by atoms with Crippen LogP contribution in [0.25, 0.3) is 6.08 Å². The number of amides is 1. The van der Waals surface area contributed by atoms with Gasteiger partial charge in [0, 0.05) is 11.3 Å². The van der Waals surface area contributed by atoms with Crippen LogP contribution < -0.4 is 10.1 Å². The van der Waals surface area contributed by atoms with Crippen molar-refractivity contribution in [1.82, 2.24) is 0 Å². The standard InChI is InChI=1S/C21H20N2O3/c1-3-11-26-20-9-7-16(8-10-20)12-18(14-22)21(25)23-19-6-4-5-17(13-19)15(2)24/h4-10,12-13H,3,11H2,1-2H3,(H,23,25)/b18-12+. The molecule has 0 saturated carbocycles. The van der Waals surface area contributed by atoms with E-state index in [0.29, 0.717) is 17.9 Å². The van der Waals surface area contributed by atoms with E-state index in [9.17, 15) is 14.9 Å². The monoisotopic (exact) mass is 348 g/mol. The first-order valence-corrected chi connectivity index (χ1v) is 8.30. The Morgan fingerprint density at radius 3 is 2.54 bits per heavy atom. The zero-order valence-electron chi connectivity index (χ0n) is 14.8. The maximum absolute atomic E-state index is 12.3. The number of carbonyl (C=O) groups excluding carboxylic acids is 2. The quantitative estimate of drug-likeness (QED) is 0.461. The Morgan fingerprint density at radius 1 is 1.19 bits per heavy atom. The highest BCUT2D eigenvalue weighted by Gasteiger charge is 2.10. The first kappa shape index (κ1) is 18.9.